The maximum Gasteiger partial charge on any atom is 0.161 e. The number of hydrogen-bond donors (Lipinski definition) is 1. The molecule has 0 aliphatic carbocycles. The van der Waals surface area contributed by atoms with Crippen LogP contribution in [0.4, 0.5) is 5.82 Å². The minimum Gasteiger partial charge on any atom is -0.362 e. The van der Waals surface area contributed by atoms with Gasteiger partial charge in [-0.25, -0.2) is 0 Å². The highest BCUT2D eigenvalue weighted by Gasteiger charge is 2.00. The predicted octanol–water partition coefficient (Wildman–Crippen LogP) is 0.279. The Morgan fingerprint density at radius 2 is 2.54 bits per heavy atom. The van der Waals surface area contributed by atoms with Crippen molar-refractivity contribution >= 4 is 17.4 Å². The third-order valence-electron chi connectivity index (χ3n) is 1.62. The molecule has 0 aromatic carbocycles. The molecular formula is C6H8N6S. The van der Waals surface area contributed by atoms with Gasteiger partial charge in [-0.15, -0.1) is 10.2 Å². The van der Waals surface area contributed by atoms with E-state index in [1.807, 2.05) is 12.4 Å². The Bertz CT molecular complexity index is 366. The van der Waals surface area contributed by atoms with Gasteiger partial charge in [-0.1, -0.05) is 9.70 Å². The molecule has 6 nitrogen and oxygen atoms in total. The molecule has 0 unspecified atom stereocenters. The predicted molar refractivity (Wildman–Crippen MR) is 48.2 cm³/mol. The largest absolute Gasteiger partial charge is 0.362 e. The standard InChI is InChI=1S/C6H8N6S/c1-12-5(3-8-10-12)2-7-6-4-13-11-9-6/h3-4,7H,2H2,1H3. The van der Waals surface area contributed by atoms with Gasteiger partial charge in [-0.05, 0) is 11.5 Å². The van der Waals surface area contributed by atoms with Gasteiger partial charge < -0.3 is 5.32 Å². The third kappa shape index (κ3) is 1.81. The molecule has 2 rings (SSSR count). The van der Waals surface area contributed by atoms with Crippen LogP contribution in [0, 0.1) is 0 Å². The van der Waals surface area contributed by atoms with Crippen molar-refractivity contribution in [2.75, 3.05) is 5.32 Å². The lowest BCUT2D eigenvalue weighted by Gasteiger charge is -2.00. The molecule has 0 saturated carbocycles. The van der Waals surface area contributed by atoms with Crippen LogP contribution in [0.2, 0.25) is 0 Å². The average Bonchev–Trinajstić information content (AvgIpc) is 2.72. The highest BCUT2D eigenvalue weighted by Crippen LogP contribution is 2.05. The fourth-order valence-corrected chi connectivity index (χ4v) is 1.31. The third-order valence-corrected chi connectivity index (χ3v) is 2.12. The molecule has 13 heavy (non-hydrogen) atoms. The number of anilines is 1. The van der Waals surface area contributed by atoms with Crippen molar-refractivity contribution in [1.82, 2.24) is 24.6 Å². The molecule has 0 radical (unpaired) electrons. The highest BCUT2D eigenvalue weighted by molar-refractivity contribution is 7.03. The van der Waals surface area contributed by atoms with Gasteiger partial charge in [0.15, 0.2) is 5.82 Å². The minimum atomic E-state index is 0.662. The SMILES string of the molecule is Cn1nncc1CNc1csnn1. The Kier molecular flexibility index (Phi) is 2.17. The van der Waals surface area contributed by atoms with Crippen LogP contribution in [-0.4, -0.2) is 24.6 Å². The van der Waals surface area contributed by atoms with Crippen molar-refractivity contribution in [2.45, 2.75) is 6.54 Å². The van der Waals surface area contributed by atoms with E-state index in [-0.39, 0.29) is 0 Å². The van der Waals surface area contributed by atoms with Gasteiger partial charge in [0, 0.05) is 7.05 Å². The van der Waals surface area contributed by atoms with E-state index in [1.54, 1.807) is 10.9 Å². The van der Waals surface area contributed by atoms with E-state index in [0.29, 0.717) is 6.54 Å². The quantitative estimate of drug-likeness (QED) is 0.763. The molecule has 1 N–H and O–H groups in total. The Morgan fingerprint density at radius 3 is 3.15 bits per heavy atom. The van der Waals surface area contributed by atoms with Crippen molar-refractivity contribution in [3.63, 3.8) is 0 Å². The number of nitrogens with one attached hydrogen (secondary N) is 1. The molecule has 0 aliphatic rings. The second-order valence-electron chi connectivity index (χ2n) is 2.49. The molecule has 2 aromatic heterocycles. The summed E-state index contributed by atoms with van der Waals surface area (Å²) in [6, 6.07) is 0. The molecule has 2 aromatic rings. The zero-order valence-electron chi connectivity index (χ0n) is 7.01. The normalized spacial score (nSPS) is 10.2. The summed E-state index contributed by atoms with van der Waals surface area (Å²) in [6.45, 7) is 0.662. The maximum atomic E-state index is 3.85. The Balaban J connectivity index is 1.97. The van der Waals surface area contributed by atoms with Crippen LogP contribution in [0.1, 0.15) is 5.69 Å². The summed E-state index contributed by atoms with van der Waals surface area (Å²) in [7, 11) is 1.85. The number of aromatic nitrogens is 5. The summed E-state index contributed by atoms with van der Waals surface area (Å²) < 4.78 is 5.45. The van der Waals surface area contributed by atoms with Crippen LogP contribution in [-0.2, 0) is 13.6 Å². The van der Waals surface area contributed by atoms with Gasteiger partial charge >= 0.3 is 0 Å². The topological polar surface area (TPSA) is 68.5 Å². The summed E-state index contributed by atoms with van der Waals surface area (Å²) in [4.78, 5) is 0. The molecule has 0 atom stereocenters. The monoisotopic (exact) mass is 196 g/mol. The van der Waals surface area contributed by atoms with Crippen molar-refractivity contribution in [3.05, 3.63) is 17.3 Å². The van der Waals surface area contributed by atoms with Crippen LogP contribution < -0.4 is 5.32 Å². The molecule has 68 valence electrons. The van der Waals surface area contributed by atoms with Crippen molar-refractivity contribution < 1.29 is 0 Å². The van der Waals surface area contributed by atoms with Crippen molar-refractivity contribution in [2.24, 2.45) is 7.05 Å². The number of hydrogen-bond acceptors (Lipinski definition) is 6. The Labute approximate surface area is 78.8 Å². The van der Waals surface area contributed by atoms with E-state index < -0.39 is 0 Å². The molecule has 0 amide bonds. The highest BCUT2D eigenvalue weighted by atomic mass is 32.1. The fourth-order valence-electron chi connectivity index (χ4n) is 0.894. The van der Waals surface area contributed by atoms with Crippen LogP contribution in [0.25, 0.3) is 0 Å². The smallest absolute Gasteiger partial charge is 0.161 e. The van der Waals surface area contributed by atoms with E-state index in [9.17, 15) is 0 Å². The van der Waals surface area contributed by atoms with Crippen molar-refractivity contribution in [3.8, 4) is 0 Å². The van der Waals surface area contributed by atoms with Gasteiger partial charge in [-0.2, -0.15) is 0 Å². The lowest BCUT2D eigenvalue weighted by atomic mass is 10.4. The van der Waals surface area contributed by atoms with Gasteiger partial charge in [0.05, 0.1) is 23.8 Å². The molecule has 7 heteroatoms. The summed E-state index contributed by atoms with van der Waals surface area (Å²) >= 11 is 1.32. The molecular weight excluding hydrogens is 188 g/mol. The molecule has 0 saturated heterocycles. The van der Waals surface area contributed by atoms with Crippen LogP contribution >= 0.6 is 11.5 Å². The molecule has 0 aliphatic heterocycles. The van der Waals surface area contributed by atoms with Crippen molar-refractivity contribution in [1.29, 1.82) is 0 Å². The molecule has 0 fully saturated rings. The fraction of sp³-hybridized carbons (Fsp3) is 0.333. The van der Waals surface area contributed by atoms with Crippen LogP contribution in [0.5, 0.6) is 0 Å². The lowest BCUT2D eigenvalue weighted by Crippen LogP contribution is -2.05. The zero-order chi connectivity index (χ0) is 9.10. The van der Waals surface area contributed by atoms with E-state index in [0.717, 1.165) is 11.5 Å². The van der Waals surface area contributed by atoms with Gasteiger partial charge in [0.2, 0.25) is 0 Å². The number of rotatable bonds is 3. The molecule has 0 spiro atoms. The Morgan fingerprint density at radius 1 is 1.62 bits per heavy atom. The van der Waals surface area contributed by atoms with Gasteiger partial charge in [0.25, 0.3) is 0 Å². The average molecular weight is 196 g/mol. The maximum absolute atomic E-state index is 3.85. The van der Waals surface area contributed by atoms with Crippen LogP contribution in [0.3, 0.4) is 0 Å². The first-order valence-corrected chi connectivity index (χ1v) is 4.54. The summed E-state index contributed by atoms with van der Waals surface area (Å²) in [5.41, 5.74) is 1.01. The number of aryl methyl sites for hydroxylation is 1. The second-order valence-corrected chi connectivity index (χ2v) is 3.10. The van der Waals surface area contributed by atoms with E-state index in [4.69, 9.17) is 0 Å². The summed E-state index contributed by atoms with van der Waals surface area (Å²) in [6.07, 6.45) is 1.72. The second kappa shape index (κ2) is 3.48. The summed E-state index contributed by atoms with van der Waals surface area (Å²) in [5.74, 6) is 0.784. The van der Waals surface area contributed by atoms with Gasteiger partial charge in [-0.3, -0.25) is 4.68 Å². The lowest BCUT2D eigenvalue weighted by molar-refractivity contribution is 0.683. The molecule has 2 heterocycles. The Hall–Kier alpha value is -1.50. The van der Waals surface area contributed by atoms with E-state index in [2.05, 4.69) is 25.2 Å². The first-order valence-electron chi connectivity index (χ1n) is 3.71. The van der Waals surface area contributed by atoms with Crippen LogP contribution in [0.15, 0.2) is 11.6 Å². The van der Waals surface area contributed by atoms with E-state index in [1.165, 1.54) is 11.5 Å². The zero-order valence-corrected chi connectivity index (χ0v) is 7.82. The molecule has 0 bridgehead atoms. The van der Waals surface area contributed by atoms with E-state index >= 15 is 0 Å². The summed E-state index contributed by atoms with van der Waals surface area (Å²) in [5, 5.41) is 16.4. The number of nitrogens with zero attached hydrogens (tertiary/aromatic N) is 5. The minimum absolute atomic E-state index is 0.662. The van der Waals surface area contributed by atoms with Gasteiger partial charge in [0.1, 0.15) is 0 Å². The first-order chi connectivity index (χ1) is 6.36. The first kappa shape index (κ1) is 8.11.